The van der Waals surface area contributed by atoms with E-state index in [1.165, 1.54) is 5.56 Å². The fraction of sp³-hybridized carbons (Fsp3) is 0.625. The Labute approximate surface area is 116 Å². The summed E-state index contributed by atoms with van der Waals surface area (Å²) in [5.74, 6) is 0.411. The number of aromatic hydroxyl groups is 1. The molecule has 0 bridgehead atoms. The van der Waals surface area contributed by atoms with Crippen molar-refractivity contribution in [1.29, 1.82) is 0 Å². The van der Waals surface area contributed by atoms with Gasteiger partial charge < -0.3 is 15.1 Å². The lowest BCUT2D eigenvalue weighted by molar-refractivity contribution is 0.243. The van der Waals surface area contributed by atoms with Crippen LogP contribution in [-0.4, -0.2) is 35.3 Å². The number of rotatable bonds is 5. The lowest BCUT2D eigenvalue weighted by Gasteiger charge is -2.24. The average molecular weight is 265 g/mol. The highest BCUT2D eigenvalue weighted by atomic mass is 16.3. The van der Waals surface area contributed by atoms with Gasteiger partial charge in [-0.2, -0.15) is 0 Å². The Morgan fingerprint density at radius 3 is 2.37 bits per heavy atom. The van der Waals surface area contributed by atoms with Crippen molar-refractivity contribution in [3.63, 3.8) is 0 Å². The number of hydrogen-bond donors (Lipinski definition) is 2. The van der Waals surface area contributed by atoms with E-state index in [-0.39, 0.29) is 12.0 Å². The molecular formula is C16H27NO2. The topological polar surface area (TPSA) is 43.7 Å². The van der Waals surface area contributed by atoms with Crippen LogP contribution in [0, 0.1) is 6.92 Å². The van der Waals surface area contributed by atoms with Crippen LogP contribution in [0.1, 0.15) is 43.9 Å². The smallest absolute Gasteiger partial charge is 0.123 e. The van der Waals surface area contributed by atoms with Crippen LogP contribution in [0.4, 0.5) is 0 Å². The Kier molecular flexibility index (Phi) is 5.39. The zero-order chi connectivity index (χ0) is 14.6. The molecule has 3 nitrogen and oxygen atoms in total. The van der Waals surface area contributed by atoms with Crippen LogP contribution >= 0.6 is 0 Å². The molecule has 19 heavy (non-hydrogen) atoms. The highest BCUT2D eigenvalue weighted by Gasteiger charge is 2.21. The summed E-state index contributed by atoms with van der Waals surface area (Å²) in [6.45, 7) is 10.1. The maximum atomic E-state index is 10.4. The van der Waals surface area contributed by atoms with E-state index in [1.54, 1.807) is 0 Å². The second kappa shape index (κ2) is 6.40. The molecule has 1 aromatic rings. The first-order valence-corrected chi connectivity index (χ1v) is 6.88. The summed E-state index contributed by atoms with van der Waals surface area (Å²) in [6, 6.07) is 4.10. The number of phenols is 1. The van der Waals surface area contributed by atoms with Crippen LogP contribution < -0.4 is 0 Å². The second-order valence-electron chi connectivity index (χ2n) is 6.39. The molecule has 0 atom stereocenters. The predicted octanol–water partition coefficient (Wildman–Crippen LogP) is 2.81. The Morgan fingerprint density at radius 1 is 1.21 bits per heavy atom. The summed E-state index contributed by atoms with van der Waals surface area (Å²) in [4.78, 5) is 2.12. The van der Waals surface area contributed by atoms with Gasteiger partial charge in [0.05, 0.1) is 0 Å². The van der Waals surface area contributed by atoms with Crippen LogP contribution in [0.25, 0.3) is 0 Å². The van der Waals surface area contributed by atoms with Gasteiger partial charge in [0.25, 0.3) is 0 Å². The molecule has 0 unspecified atom stereocenters. The first-order chi connectivity index (χ1) is 8.75. The first kappa shape index (κ1) is 16.0. The molecule has 0 fully saturated rings. The molecule has 0 saturated carbocycles. The Bertz CT molecular complexity index is 421. The van der Waals surface area contributed by atoms with Gasteiger partial charge in [0.15, 0.2) is 0 Å². The van der Waals surface area contributed by atoms with Crippen molar-refractivity contribution in [2.75, 3.05) is 20.2 Å². The molecule has 0 aromatic heterocycles. The minimum atomic E-state index is -0.0610. The van der Waals surface area contributed by atoms with Crippen molar-refractivity contribution < 1.29 is 10.2 Å². The lowest BCUT2D eigenvalue weighted by Crippen LogP contribution is -2.21. The third-order valence-corrected chi connectivity index (χ3v) is 3.28. The number of aliphatic hydroxyl groups excluding tert-OH is 1. The van der Waals surface area contributed by atoms with Gasteiger partial charge in [-0.25, -0.2) is 0 Å². The third-order valence-electron chi connectivity index (χ3n) is 3.28. The maximum absolute atomic E-state index is 10.4. The van der Waals surface area contributed by atoms with Crippen LogP contribution in [0.3, 0.4) is 0 Å². The van der Waals surface area contributed by atoms with Crippen molar-refractivity contribution >= 4 is 0 Å². The fourth-order valence-electron chi connectivity index (χ4n) is 2.26. The number of hydrogen-bond acceptors (Lipinski definition) is 3. The van der Waals surface area contributed by atoms with E-state index in [4.69, 9.17) is 5.11 Å². The minimum absolute atomic E-state index is 0.0610. The van der Waals surface area contributed by atoms with Crippen molar-refractivity contribution in [2.24, 2.45) is 0 Å². The molecule has 1 aromatic carbocycles. The molecule has 0 heterocycles. The van der Waals surface area contributed by atoms with Gasteiger partial charge in [0, 0.05) is 25.3 Å². The van der Waals surface area contributed by atoms with Crippen molar-refractivity contribution in [1.82, 2.24) is 4.90 Å². The Morgan fingerprint density at radius 2 is 1.84 bits per heavy atom. The molecule has 0 amide bonds. The van der Waals surface area contributed by atoms with Gasteiger partial charge in [-0.15, -0.1) is 0 Å². The molecule has 108 valence electrons. The Hall–Kier alpha value is -1.06. The summed E-state index contributed by atoms with van der Waals surface area (Å²) in [5, 5.41) is 19.3. The zero-order valence-electron chi connectivity index (χ0n) is 12.8. The van der Waals surface area contributed by atoms with Crippen molar-refractivity contribution in [3.05, 3.63) is 28.8 Å². The molecule has 1 rings (SSSR count). The standard InChI is InChI=1S/C16H27NO2/c1-12-9-13(11-17(5)7-6-8-18)15(19)14(10-12)16(2,3)4/h9-10,18-19H,6-8,11H2,1-5H3. The summed E-state index contributed by atoms with van der Waals surface area (Å²) in [7, 11) is 2.01. The normalized spacial score (nSPS) is 12.2. The van der Waals surface area contributed by atoms with Crippen LogP contribution in [0.2, 0.25) is 0 Å². The van der Waals surface area contributed by atoms with E-state index >= 15 is 0 Å². The highest BCUT2D eigenvalue weighted by Crippen LogP contribution is 2.34. The number of aryl methyl sites for hydroxylation is 1. The lowest BCUT2D eigenvalue weighted by atomic mass is 9.84. The number of nitrogens with zero attached hydrogens (tertiary/aromatic N) is 1. The van der Waals surface area contributed by atoms with Gasteiger partial charge >= 0.3 is 0 Å². The summed E-state index contributed by atoms with van der Waals surface area (Å²) >= 11 is 0. The largest absolute Gasteiger partial charge is 0.507 e. The monoisotopic (exact) mass is 265 g/mol. The van der Waals surface area contributed by atoms with Gasteiger partial charge in [0.1, 0.15) is 5.75 Å². The van der Waals surface area contributed by atoms with Crippen LogP contribution in [0.5, 0.6) is 5.75 Å². The average Bonchev–Trinajstić information content (AvgIpc) is 2.29. The molecule has 3 heteroatoms. The van der Waals surface area contributed by atoms with Crippen molar-refractivity contribution in [2.45, 2.75) is 46.1 Å². The number of benzene rings is 1. The molecule has 0 aliphatic carbocycles. The van der Waals surface area contributed by atoms with E-state index in [1.807, 2.05) is 13.1 Å². The molecular weight excluding hydrogens is 238 g/mol. The van der Waals surface area contributed by atoms with Crippen LogP contribution in [-0.2, 0) is 12.0 Å². The molecule has 0 saturated heterocycles. The second-order valence-corrected chi connectivity index (χ2v) is 6.39. The van der Waals surface area contributed by atoms with E-state index < -0.39 is 0 Å². The molecule has 0 spiro atoms. The van der Waals surface area contributed by atoms with Gasteiger partial charge in [-0.1, -0.05) is 38.5 Å². The molecule has 0 radical (unpaired) electrons. The minimum Gasteiger partial charge on any atom is -0.507 e. The predicted molar refractivity (Wildman–Crippen MR) is 79.6 cm³/mol. The fourth-order valence-corrected chi connectivity index (χ4v) is 2.26. The van der Waals surface area contributed by atoms with Crippen molar-refractivity contribution in [3.8, 4) is 5.75 Å². The summed E-state index contributed by atoms with van der Waals surface area (Å²) in [5.41, 5.74) is 3.07. The van der Waals surface area contributed by atoms with E-state index in [2.05, 4.69) is 38.7 Å². The third kappa shape index (κ3) is 4.51. The highest BCUT2D eigenvalue weighted by molar-refractivity contribution is 5.46. The van der Waals surface area contributed by atoms with Gasteiger partial charge in [0.2, 0.25) is 0 Å². The van der Waals surface area contributed by atoms with Crippen LogP contribution in [0.15, 0.2) is 12.1 Å². The SMILES string of the molecule is Cc1cc(CN(C)CCCO)c(O)c(C(C)(C)C)c1. The number of aliphatic hydroxyl groups is 1. The quantitative estimate of drug-likeness (QED) is 0.860. The zero-order valence-corrected chi connectivity index (χ0v) is 12.8. The maximum Gasteiger partial charge on any atom is 0.123 e. The van der Waals surface area contributed by atoms with E-state index in [0.29, 0.717) is 12.3 Å². The van der Waals surface area contributed by atoms with E-state index in [0.717, 1.165) is 24.1 Å². The summed E-state index contributed by atoms with van der Waals surface area (Å²) in [6.07, 6.45) is 0.759. The summed E-state index contributed by atoms with van der Waals surface area (Å²) < 4.78 is 0. The first-order valence-electron chi connectivity index (χ1n) is 6.88. The van der Waals surface area contributed by atoms with Gasteiger partial charge in [-0.05, 0) is 31.4 Å². The molecule has 0 aliphatic heterocycles. The molecule has 2 N–H and O–H groups in total. The molecule has 0 aliphatic rings. The van der Waals surface area contributed by atoms with E-state index in [9.17, 15) is 5.11 Å². The number of phenolic OH excluding ortho intramolecular Hbond substituents is 1. The van der Waals surface area contributed by atoms with Gasteiger partial charge in [-0.3, -0.25) is 0 Å². The Balaban J connectivity index is 2.99.